The first-order chi connectivity index (χ1) is 9.81. The molecule has 0 radical (unpaired) electrons. The molecule has 3 fully saturated rings. The van der Waals surface area contributed by atoms with Crippen molar-refractivity contribution < 1.29 is 4.74 Å². The first-order valence-corrected chi connectivity index (χ1v) is 8.91. The minimum atomic E-state index is 0.228. The molecule has 3 aliphatic rings. The Morgan fingerprint density at radius 1 is 1.10 bits per heavy atom. The van der Waals surface area contributed by atoms with E-state index in [4.69, 9.17) is 10.6 Å². The lowest BCUT2D eigenvalue weighted by Gasteiger charge is -2.41. The smallest absolute Gasteiger partial charge is 0.0685 e. The molecule has 0 bridgehead atoms. The van der Waals surface area contributed by atoms with Gasteiger partial charge in [0.15, 0.2) is 0 Å². The third-order valence-electron chi connectivity index (χ3n) is 6.19. The van der Waals surface area contributed by atoms with Gasteiger partial charge in [-0.3, -0.25) is 11.3 Å². The van der Waals surface area contributed by atoms with E-state index >= 15 is 0 Å². The van der Waals surface area contributed by atoms with Crippen LogP contribution in [0.25, 0.3) is 0 Å². The maximum absolute atomic E-state index is 6.16. The molecule has 1 saturated heterocycles. The Morgan fingerprint density at radius 3 is 2.55 bits per heavy atom. The van der Waals surface area contributed by atoms with E-state index in [0.717, 1.165) is 18.4 Å². The minimum Gasteiger partial charge on any atom is -0.375 e. The molecule has 0 aromatic carbocycles. The summed E-state index contributed by atoms with van der Waals surface area (Å²) in [5.74, 6) is 7.59. The van der Waals surface area contributed by atoms with Crippen LogP contribution >= 0.6 is 0 Å². The average Bonchev–Trinajstić information content (AvgIpc) is 3.12. The summed E-state index contributed by atoms with van der Waals surface area (Å²) in [7, 11) is 0. The third kappa shape index (κ3) is 3.37. The highest BCUT2D eigenvalue weighted by molar-refractivity contribution is 4.94. The molecule has 20 heavy (non-hydrogen) atoms. The molecule has 0 aromatic rings. The van der Waals surface area contributed by atoms with E-state index in [1.165, 1.54) is 77.0 Å². The number of nitrogens with two attached hydrogens (primary N) is 1. The SMILES string of the molecule is NNC(CCC1CCCC1)C1CCOC2(CCCC2)C1. The second-order valence-corrected chi connectivity index (χ2v) is 7.49. The van der Waals surface area contributed by atoms with Gasteiger partial charge in [-0.25, -0.2) is 0 Å². The van der Waals surface area contributed by atoms with E-state index in [0.29, 0.717) is 6.04 Å². The highest BCUT2D eigenvalue weighted by Gasteiger charge is 2.41. The minimum absolute atomic E-state index is 0.228. The summed E-state index contributed by atoms with van der Waals surface area (Å²) in [5.41, 5.74) is 3.37. The largest absolute Gasteiger partial charge is 0.375 e. The summed E-state index contributed by atoms with van der Waals surface area (Å²) in [6.07, 6.45) is 16.2. The van der Waals surface area contributed by atoms with Gasteiger partial charge in [0.2, 0.25) is 0 Å². The molecule has 1 heterocycles. The van der Waals surface area contributed by atoms with Gasteiger partial charge in [0.05, 0.1) is 5.60 Å². The normalized spacial score (nSPS) is 31.9. The topological polar surface area (TPSA) is 47.3 Å². The lowest BCUT2D eigenvalue weighted by Crippen LogP contribution is -2.48. The number of rotatable bonds is 5. The van der Waals surface area contributed by atoms with E-state index in [1.807, 2.05) is 0 Å². The van der Waals surface area contributed by atoms with Crippen molar-refractivity contribution in [2.75, 3.05) is 6.61 Å². The van der Waals surface area contributed by atoms with Crippen molar-refractivity contribution in [1.82, 2.24) is 5.43 Å². The van der Waals surface area contributed by atoms with Crippen molar-refractivity contribution in [2.45, 2.75) is 88.7 Å². The van der Waals surface area contributed by atoms with Gasteiger partial charge in [0.25, 0.3) is 0 Å². The van der Waals surface area contributed by atoms with Gasteiger partial charge in [-0.1, -0.05) is 38.5 Å². The van der Waals surface area contributed by atoms with Crippen LogP contribution in [0.4, 0.5) is 0 Å². The molecule has 2 aliphatic carbocycles. The number of ether oxygens (including phenoxy) is 1. The van der Waals surface area contributed by atoms with Crippen molar-refractivity contribution in [3.8, 4) is 0 Å². The van der Waals surface area contributed by atoms with E-state index in [9.17, 15) is 0 Å². The average molecular weight is 280 g/mol. The van der Waals surface area contributed by atoms with Gasteiger partial charge in [-0.2, -0.15) is 0 Å². The lowest BCUT2D eigenvalue weighted by molar-refractivity contribution is -0.0984. The first-order valence-electron chi connectivity index (χ1n) is 8.91. The molecule has 3 nitrogen and oxygen atoms in total. The van der Waals surface area contributed by atoms with E-state index < -0.39 is 0 Å². The summed E-state index contributed by atoms with van der Waals surface area (Å²) in [5, 5.41) is 0. The molecule has 0 amide bonds. The van der Waals surface area contributed by atoms with Crippen LogP contribution in [0.5, 0.6) is 0 Å². The Morgan fingerprint density at radius 2 is 1.85 bits per heavy atom. The van der Waals surface area contributed by atoms with Crippen LogP contribution < -0.4 is 11.3 Å². The van der Waals surface area contributed by atoms with E-state index in [-0.39, 0.29) is 5.60 Å². The Bertz CT molecular complexity index is 295. The zero-order valence-electron chi connectivity index (χ0n) is 12.9. The molecular weight excluding hydrogens is 248 g/mol. The third-order valence-corrected chi connectivity index (χ3v) is 6.19. The van der Waals surface area contributed by atoms with Crippen LogP contribution in [0.15, 0.2) is 0 Å². The van der Waals surface area contributed by atoms with Crippen molar-refractivity contribution in [3.05, 3.63) is 0 Å². The zero-order chi connectivity index (χ0) is 13.8. The molecule has 2 atom stereocenters. The molecular formula is C17H32N2O. The van der Waals surface area contributed by atoms with E-state index in [1.54, 1.807) is 0 Å². The molecule has 0 aromatic heterocycles. The predicted octanol–water partition coefficient (Wildman–Crippen LogP) is 3.53. The fourth-order valence-electron chi connectivity index (χ4n) is 4.95. The summed E-state index contributed by atoms with van der Waals surface area (Å²) < 4.78 is 6.16. The summed E-state index contributed by atoms with van der Waals surface area (Å²) in [4.78, 5) is 0. The van der Waals surface area contributed by atoms with Crippen molar-refractivity contribution in [1.29, 1.82) is 0 Å². The molecule has 1 spiro atoms. The highest BCUT2D eigenvalue weighted by Crippen LogP contribution is 2.43. The lowest BCUT2D eigenvalue weighted by atomic mass is 9.79. The maximum atomic E-state index is 6.16. The Kier molecular flexibility index (Phi) is 5.00. The molecule has 1 aliphatic heterocycles. The Labute approximate surface area is 124 Å². The van der Waals surface area contributed by atoms with Crippen LogP contribution in [-0.2, 0) is 4.74 Å². The monoisotopic (exact) mass is 280 g/mol. The van der Waals surface area contributed by atoms with Gasteiger partial charge < -0.3 is 4.74 Å². The molecule has 3 heteroatoms. The van der Waals surface area contributed by atoms with Gasteiger partial charge in [0.1, 0.15) is 0 Å². The molecule has 2 saturated carbocycles. The number of nitrogens with one attached hydrogen (secondary N) is 1. The van der Waals surface area contributed by atoms with Crippen LogP contribution in [0.3, 0.4) is 0 Å². The molecule has 3 rings (SSSR count). The maximum Gasteiger partial charge on any atom is 0.0685 e. The summed E-state index contributed by atoms with van der Waals surface area (Å²) in [6, 6.07) is 0.511. The number of hydrogen-bond acceptors (Lipinski definition) is 3. The molecule has 2 unspecified atom stereocenters. The van der Waals surface area contributed by atoms with Crippen molar-refractivity contribution in [3.63, 3.8) is 0 Å². The quantitative estimate of drug-likeness (QED) is 0.598. The van der Waals surface area contributed by atoms with Gasteiger partial charge >= 0.3 is 0 Å². The highest BCUT2D eigenvalue weighted by atomic mass is 16.5. The Hall–Kier alpha value is -0.120. The van der Waals surface area contributed by atoms with Gasteiger partial charge in [0, 0.05) is 12.6 Å². The van der Waals surface area contributed by atoms with Gasteiger partial charge in [-0.05, 0) is 50.4 Å². The second kappa shape index (κ2) is 6.76. The zero-order valence-corrected chi connectivity index (χ0v) is 12.9. The number of hydrazine groups is 1. The standard InChI is InChI=1S/C17H32N2O/c18-19-16(8-7-14-5-1-2-6-14)15-9-12-20-17(13-15)10-3-4-11-17/h14-16,19H,1-13,18H2. The predicted molar refractivity (Wildman–Crippen MR) is 82.2 cm³/mol. The van der Waals surface area contributed by atoms with Crippen LogP contribution in [-0.4, -0.2) is 18.2 Å². The van der Waals surface area contributed by atoms with E-state index in [2.05, 4.69) is 5.43 Å². The van der Waals surface area contributed by atoms with Crippen molar-refractivity contribution >= 4 is 0 Å². The molecule has 116 valence electrons. The van der Waals surface area contributed by atoms with Crippen molar-refractivity contribution in [2.24, 2.45) is 17.7 Å². The van der Waals surface area contributed by atoms with Crippen LogP contribution in [0, 0.1) is 11.8 Å². The first kappa shape index (κ1) is 14.8. The fourth-order valence-corrected chi connectivity index (χ4v) is 4.95. The Balaban J connectivity index is 1.51. The summed E-state index contributed by atoms with van der Waals surface area (Å²) in [6.45, 7) is 0.951. The van der Waals surface area contributed by atoms with Gasteiger partial charge in [-0.15, -0.1) is 0 Å². The van der Waals surface area contributed by atoms with Crippen LogP contribution in [0.1, 0.15) is 77.0 Å². The summed E-state index contributed by atoms with van der Waals surface area (Å²) >= 11 is 0. The van der Waals surface area contributed by atoms with Crippen LogP contribution in [0.2, 0.25) is 0 Å². The fraction of sp³-hybridized carbons (Fsp3) is 1.00. The number of hydrogen-bond donors (Lipinski definition) is 2. The molecule has 3 N–H and O–H groups in total. The second-order valence-electron chi connectivity index (χ2n) is 7.49.